The summed E-state index contributed by atoms with van der Waals surface area (Å²) in [7, 11) is 0. The Morgan fingerprint density at radius 3 is 2.71 bits per heavy atom. The zero-order chi connectivity index (χ0) is 10.3. The first-order chi connectivity index (χ1) is 6.61. The third kappa shape index (κ3) is 1.30. The highest BCUT2D eigenvalue weighted by Crippen LogP contribution is 2.27. The van der Waals surface area contributed by atoms with E-state index in [2.05, 4.69) is 25.0 Å². The topological polar surface area (TPSA) is 17.8 Å². The molecule has 0 unspecified atom stereocenters. The lowest BCUT2D eigenvalue weighted by molar-refractivity contribution is 0.547. The minimum atomic E-state index is 0.365. The van der Waals surface area contributed by atoms with Crippen LogP contribution in [0.25, 0.3) is 10.9 Å². The fourth-order valence-corrected chi connectivity index (χ4v) is 2.03. The summed E-state index contributed by atoms with van der Waals surface area (Å²) in [5.41, 5.74) is 2.12. The maximum atomic E-state index is 6.13. The molecular weight excluding hydrogens is 196 g/mol. The molecular formula is C11H13ClN2. The number of nitrogens with zero attached hydrogens (tertiary/aromatic N) is 2. The Hall–Kier alpha value is -1.02. The van der Waals surface area contributed by atoms with Crippen LogP contribution < -0.4 is 0 Å². The van der Waals surface area contributed by atoms with Crippen LogP contribution in [0.3, 0.4) is 0 Å². The van der Waals surface area contributed by atoms with E-state index in [1.165, 1.54) is 0 Å². The van der Waals surface area contributed by atoms with Crippen LogP contribution in [0.5, 0.6) is 0 Å². The minimum absolute atomic E-state index is 0.365. The number of aryl methyl sites for hydroxylation is 1. The second-order valence-corrected chi connectivity index (χ2v) is 4.16. The first-order valence-corrected chi connectivity index (χ1v) is 5.12. The molecule has 2 rings (SSSR count). The highest BCUT2D eigenvalue weighted by molar-refractivity contribution is 6.35. The van der Waals surface area contributed by atoms with Crippen LogP contribution in [0.15, 0.2) is 18.2 Å². The van der Waals surface area contributed by atoms with E-state index < -0.39 is 0 Å². The number of aromatic nitrogens is 2. The van der Waals surface area contributed by atoms with Gasteiger partial charge in [-0.15, -0.1) is 0 Å². The monoisotopic (exact) mass is 208 g/mol. The third-order valence-electron chi connectivity index (χ3n) is 2.35. The van der Waals surface area contributed by atoms with Crippen LogP contribution in [0, 0.1) is 6.92 Å². The van der Waals surface area contributed by atoms with Crippen LogP contribution in [-0.2, 0) is 0 Å². The summed E-state index contributed by atoms with van der Waals surface area (Å²) in [5, 5.41) is 6.34. The van der Waals surface area contributed by atoms with Crippen molar-refractivity contribution in [2.45, 2.75) is 26.8 Å². The fourth-order valence-electron chi connectivity index (χ4n) is 1.72. The van der Waals surface area contributed by atoms with Crippen molar-refractivity contribution in [1.29, 1.82) is 0 Å². The number of hydrogen-bond acceptors (Lipinski definition) is 1. The van der Waals surface area contributed by atoms with E-state index in [4.69, 9.17) is 11.6 Å². The van der Waals surface area contributed by atoms with Gasteiger partial charge in [-0.2, -0.15) is 5.10 Å². The molecule has 2 nitrogen and oxygen atoms in total. The Morgan fingerprint density at radius 2 is 2.07 bits per heavy atom. The second kappa shape index (κ2) is 3.28. The minimum Gasteiger partial charge on any atom is -0.262 e. The van der Waals surface area contributed by atoms with Gasteiger partial charge < -0.3 is 0 Å². The number of fused-ring (bicyclic) bond motifs is 1. The lowest BCUT2D eigenvalue weighted by Crippen LogP contribution is -2.02. The molecule has 0 saturated carbocycles. The molecule has 0 atom stereocenters. The molecule has 0 aliphatic heterocycles. The van der Waals surface area contributed by atoms with Crippen molar-refractivity contribution in [2.75, 3.05) is 0 Å². The van der Waals surface area contributed by atoms with Gasteiger partial charge in [-0.05, 0) is 32.9 Å². The Morgan fingerprint density at radius 1 is 1.36 bits per heavy atom. The average molecular weight is 209 g/mol. The van der Waals surface area contributed by atoms with Crippen LogP contribution in [0.4, 0.5) is 0 Å². The maximum Gasteiger partial charge on any atom is 0.0703 e. The highest BCUT2D eigenvalue weighted by atomic mass is 35.5. The summed E-state index contributed by atoms with van der Waals surface area (Å²) in [6.45, 7) is 6.23. The van der Waals surface area contributed by atoms with Crippen LogP contribution in [0.1, 0.15) is 25.6 Å². The predicted molar refractivity (Wildman–Crippen MR) is 59.9 cm³/mol. The second-order valence-electron chi connectivity index (χ2n) is 3.76. The summed E-state index contributed by atoms with van der Waals surface area (Å²) < 4.78 is 2.01. The molecule has 1 aromatic heterocycles. The van der Waals surface area contributed by atoms with Crippen LogP contribution >= 0.6 is 11.6 Å². The first kappa shape index (κ1) is 9.53. The van der Waals surface area contributed by atoms with Crippen LogP contribution in [0.2, 0.25) is 5.02 Å². The van der Waals surface area contributed by atoms with E-state index in [1.54, 1.807) is 0 Å². The molecule has 0 bridgehead atoms. The summed E-state index contributed by atoms with van der Waals surface area (Å²) in [5.74, 6) is 0. The van der Waals surface area contributed by atoms with Gasteiger partial charge in [0.25, 0.3) is 0 Å². The molecule has 14 heavy (non-hydrogen) atoms. The quantitative estimate of drug-likeness (QED) is 0.701. The Bertz CT molecular complexity index is 471. The van der Waals surface area contributed by atoms with Gasteiger partial charge in [-0.3, -0.25) is 4.68 Å². The van der Waals surface area contributed by atoms with Crippen molar-refractivity contribution in [3.63, 3.8) is 0 Å². The van der Waals surface area contributed by atoms with Crippen molar-refractivity contribution < 1.29 is 0 Å². The van der Waals surface area contributed by atoms with E-state index >= 15 is 0 Å². The van der Waals surface area contributed by atoms with Crippen LogP contribution in [-0.4, -0.2) is 9.78 Å². The number of halogens is 1. The van der Waals surface area contributed by atoms with Gasteiger partial charge in [-0.1, -0.05) is 17.7 Å². The molecule has 0 radical (unpaired) electrons. The zero-order valence-electron chi connectivity index (χ0n) is 8.58. The molecule has 0 amide bonds. The van der Waals surface area contributed by atoms with Crippen molar-refractivity contribution in [3.8, 4) is 0 Å². The molecule has 0 aliphatic rings. The van der Waals surface area contributed by atoms with E-state index in [1.807, 2.05) is 23.7 Å². The van der Waals surface area contributed by atoms with Gasteiger partial charge in [0.1, 0.15) is 0 Å². The number of rotatable bonds is 1. The molecule has 74 valence electrons. The zero-order valence-corrected chi connectivity index (χ0v) is 9.34. The van der Waals surface area contributed by atoms with Crippen molar-refractivity contribution >= 4 is 22.5 Å². The highest BCUT2D eigenvalue weighted by Gasteiger charge is 2.11. The lowest BCUT2D eigenvalue weighted by Gasteiger charge is -2.06. The maximum absolute atomic E-state index is 6.13. The van der Waals surface area contributed by atoms with Crippen molar-refractivity contribution in [3.05, 3.63) is 28.9 Å². The van der Waals surface area contributed by atoms with Gasteiger partial charge in [0.15, 0.2) is 0 Å². The third-order valence-corrected chi connectivity index (χ3v) is 2.66. The van der Waals surface area contributed by atoms with Crippen molar-refractivity contribution in [2.24, 2.45) is 0 Å². The first-order valence-electron chi connectivity index (χ1n) is 4.74. The molecule has 3 heteroatoms. The molecule has 1 aromatic carbocycles. The smallest absolute Gasteiger partial charge is 0.0703 e. The molecule has 2 aromatic rings. The summed E-state index contributed by atoms with van der Waals surface area (Å²) in [6.07, 6.45) is 0. The Kier molecular flexibility index (Phi) is 2.23. The number of hydrogen-bond donors (Lipinski definition) is 0. The Balaban J connectivity index is 2.84. The SMILES string of the molecule is Cc1nn(C(C)C)c2cccc(Cl)c12. The summed E-state index contributed by atoms with van der Waals surface area (Å²) in [4.78, 5) is 0. The Labute approximate surface area is 88.5 Å². The van der Waals surface area contributed by atoms with Gasteiger partial charge in [-0.25, -0.2) is 0 Å². The van der Waals surface area contributed by atoms with Crippen molar-refractivity contribution in [1.82, 2.24) is 9.78 Å². The largest absolute Gasteiger partial charge is 0.262 e. The van der Waals surface area contributed by atoms with Gasteiger partial charge in [0.2, 0.25) is 0 Å². The van der Waals surface area contributed by atoms with E-state index in [-0.39, 0.29) is 0 Å². The predicted octanol–water partition coefficient (Wildman–Crippen LogP) is 3.58. The lowest BCUT2D eigenvalue weighted by atomic mass is 10.2. The molecule has 0 spiro atoms. The fraction of sp³-hybridized carbons (Fsp3) is 0.364. The molecule has 0 saturated heterocycles. The average Bonchev–Trinajstić information content (AvgIpc) is 2.45. The summed E-state index contributed by atoms with van der Waals surface area (Å²) >= 11 is 6.13. The molecule has 1 heterocycles. The van der Waals surface area contributed by atoms with Gasteiger partial charge >= 0.3 is 0 Å². The molecule has 0 aliphatic carbocycles. The van der Waals surface area contributed by atoms with Gasteiger partial charge in [0, 0.05) is 11.4 Å². The number of benzene rings is 1. The normalized spacial score (nSPS) is 11.5. The van der Waals surface area contributed by atoms with E-state index in [0.29, 0.717) is 6.04 Å². The van der Waals surface area contributed by atoms with E-state index in [9.17, 15) is 0 Å². The van der Waals surface area contributed by atoms with Gasteiger partial charge in [0.05, 0.1) is 16.2 Å². The van der Waals surface area contributed by atoms with E-state index in [0.717, 1.165) is 21.6 Å². The molecule has 0 N–H and O–H groups in total. The molecule has 0 fully saturated rings. The summed E-state index contributed by atoms with van der Waals surface area (Å²) in [6, 6.07) is 6.29. The standard InChI is InChI=1S/C11H13ClN2/c1-7(2)14-10-6-4-5-9(12)11(10)8(3)13-14/h4-7H,1-3H3.